The summed E-state index contributed by atoms with van der Waals surface area (Å²) in [4.78, 5) is 35.3. The normalized spacial score (nSPS) is 15.0. The predicted octanol–water partition coefficient (Wildman–Crippen LogP) is 8.94. The number of hydrogen-bond donors (Lipinski definition) is 2. The summed E-state index contributed by atoms with van der Waals surface area (Å²) < 4.78 is 25.4. The summed E-state index contributed by atoms with van der Waals surface area (Å²) in [6.07, 6.45) is 27.5. The fourth-order valence-corrected chi connectivity index (χ4v) is 9.52. The van der Waals surface area contributed by atoms with E-state index in [1.54, 1.807) is 13.2 Å². The van der Waals surface area contributed by atoms with Gasteiger partial charge in [0, 0.05) is 90.1 Å². The lowest BCUT2D eigenvalue weighted by atomic mass is 9.81. The largest absolute Gasteiger partial charge is 1.00 e. The number of fused-ring (bicyclic) bond motifs is 3. The Labute approximate surface area is 441 Å². The van der Waals surface area contributed by atoms with Gasteiger partial charge >= 0.3 is 11.9 Å². The van der Waals surface area contributed by atoms with Crippen LogP contribution < -0.4 is 36.7 Å². The number of carboxylic acid groups (broad SMARTS) is 1. The number of nitrogens with zero attached hydrogens (tertiary/aromatic N) is 4. The maximum Gasteiger partial charge on any atom is 0.305 e. The van der Waals surface area contributed by atoms with Crippen LogP contribution in [0.15, 0.2) is 139 Å². The van der Waals surface area contributed by atoms with Crippen molar-refractivity contribution < 1.29 is 55.2 Å². The number of methoxy groups -OCH3 is 1. The molecule has 0 unspecified atom stereocenters. The molecule has 382 valence electrons. The first kappa shape index (κ1) is 55.3. The van der Waals surface area contributed by atoms with E-state index < -0.39 is 5.97 Å². The summed E-state index contributed by atoms with van der Waals surface area (Å²) in [5, 5.41) is 13.1. The van der Waals surface area contributed by atoms with Crippen LogP contribution in [-0.2, 0) is 29.9 Å². The quantitative estimate of drug-likeness (QED) is 0.0181. The van der Waals surface area contributed by atoms with Crippen LogP contribution in [0, 0.1) is 12.3 Å². The number of para-hydroxylation sites is 2. The van der Waals surface area contributed by atoms with Crippen LogP contribution in [0.1, 0.15) is 95.8 Å². The van der Waals surface area contributed by atoms with E-state index in [9.17, 15) is 9.59 Å². The number of hydrogen-bond acceptors (Lipinski definition) is 10. The molecule has 2 N–H and O–H groups in total. The standard InChI is InChI=1S/C60H67N5O7.BrH/c1-7-44-24-23-25-45(40-44)63-58-46-41-52(53(70-37-36-69-6)42-49(46)61-43-62-58)71-38-39-72-57(68)33-16-12-22-35-65-51-29-20-18-27-48(51)60(4,5)55(65)31-14-10-8-9-13-30-54-59(2,3)47-26-17-19-28-50(47)64(54)34-21-11-15-32-56(66)67;/h1,8-10,13-14,17-20,23-31,40-43H,11-12,15-16,21-22,32-39H2,2-6H3,(H-,61,62,63,66,67);1H. The van der Waals surface area contributed by atoms with Crippen LogP contribution in [-0.4, -0.2) is 83.9 Å². The lowest BCUT2D eigenvalue weighted by molar-refractivity contribution is -0.438. The SMILES string of the molecule is C#Cc1cccc(Nc2ncnc3cc(OCCOC)c(OCCOC(=O)CCCCCN4C(=CC=CC=CC=CC5=[N+](CCCCCC(=O)O)c6ccccc6C5(C)C)C(C)(C)c5ccccc54)cc23)c1.[Br-]. The van der Waals surface area contributed by atoms with Crippen LogP contribution in [0.2, 0.25) is 0 Å². The number of allylic oxidation sites excluding steroid dienone is 8. The number of ether oxygens (including phenoxy) is 4. The highest BCUT2D eigenvalue weighted by molar-refractivity contribution is 6.03. The van der Waals surface area contributed by atoms with Gasteiger partial charge in [-0.15, -0.1) is 6.42 Å². The Morgan fingerprint density at radius 3 is 2.27 bits per heavy atom. The number of terminal acetylenes is 1. The van der Waals surface area contributed by atoms with E-state index in [1.165, 1.54) is 40.2 Å². The van der Waals surface area contributed by atoms with Gasteiger partial charge in [0.15, 0.2) is 17.2 Å². The Morgan fingerprint density at radius 1 is 0.767 bits per heavy atom. The molecular formula is C60H68BrN5O7. The van der Waals surface area contributed by atoms with Crippen molar-refractivity contribution in [1.82, 2.24) is 9.97 Å². The Balaban J connectivity index is 0.00000869. The van der Waals surface area contributed by atoms with Gasteiger partial charge in [-0.3, -0.25) is 9.59 Å². The van der Waals surface area contributed by atoms with Crippen LogP contribution >= 0.6 is 0 Å². The number of esters is 1. The molecule has 1 aromatic heterocycles. The molecule has 4 aromatic carbocycles. The molecule has 12 nitrogen and oxygen atoms in total. The van der Waals surface area contributed by atoms with E-state index >= 15 is 0 Å². The average Bonchev–Trinajstić information content (AvgIpc) is 3.72. The van der Waals surface area contributed by atoms with E-state index in [-0.39, 0.29) is 53.4 Å². The Bertz CT molecular complexity index is 2910. The van der Waals surface area contributed by atoms with Gasteiger partial charge in [-0.2, -0.15) is 4.58 Å². The lowest BCUT2D eigenvalue weighted by Crippen LogP contribution is -3.00. The van der Waals surface area contributed by atoms with Gasteiger partial charge in [0.25, 0.3) is 0 Å². The number of aliphatic carboxylic acids is 1. The first-order valence-corrected chi connectivity index (χ1v) is 25.0. The molecule has 0 radical (unpaired) electrons. The Hall–Kier alpha value is -7.01. The first-order valence-electron chi connectivity index (χ1n) is 25.0. The lowest BCUT2D eigenvalue weighted by Gasteiger charge is -2.27. The number of halogens is 1. The van der Waals surface area contributed by atoms with Crippen molar-refractivity contribution in [3.05, 3.63) is 156 Å². The fourth-order valence-electron chi connectivity index (χ4n) is 9.52. The zero-order valence-corrected chi connectivity index (χ0v) is 44.3. The molecule has 2 aliphatic heterocycles. The monoisotopic (exact) mass is 1050 g/mol. The summed E-state index contributed by atoms with van der Waals surface area (Å²) in [7, 11) is 1.61. The molecule has 0 saturated carbocycles. The van der Waals surface area contributed by atoms with Gasteiger partial charge in [-0.05, 0) is 81.5 Å². The average molecular weight is 1050 g/mol. The van der Waals surface area contributed by atoms with Crippen LogP contribution in [0.25, 0.3) is 10.9 Å². The molecular weight excluding hydrogens is 983 g/mol. The summed E-state index contributed by atoms with van der Waals surface area (Å²) >= 11 is 0. The van der Waals surface area contributed by atoms with Crippen LogP contribution in [0.3, 0.4) is 0 Å². The minimum Gasteiger partial charge on any atom is -1.00 e. The van der Waals surface area contributed by atoms with Gasteiger partial charge in [0.1, 0.15) is 38.5 Å². The van der Waals surface area contributed by atoms with Crippen LogP contribution in [0.4, 0.5) is 22.9 Å². The second-order valence-electron chi connectivity index (χ2n) is 19.0. The minimum atomic E-state index is -0.737. The van der Waals surface area contributed by atoms with Gasteiger partial charge in [-0.25, -0.2) is 9.97 Å². The zero-order valence-electron chi connectivity index (χ0n) is 42.7. The Kier molecular flexibility index (Phi) is 20.2. The molecule has 7 rings (SSSR count). The van der Waals surface area contributed by atoms with Crippen molar-refractivity contribution in [2.45, 2.75) is 89.9 Å². The minimum absolute atomic E-state index is 0. The van der Waals surface area contributed by atoms with E-state index in [1.807, 2.05) is 30.3 Å². The third-order valence-corrected chi connectivity index (χ3v) is 13.2. The number of aromatic nitrogens is 2. The molecule has 13 heteroatoms. The van der Waals surface area contributed by atoms with Gasteiger partial charge < -0.3 is 51.3 Å². The molecule has 0 saturated heterocycles. The second-order valence-corrected chi connectivity index (χ2v) is 19.0. The third kappa shape index (κ3) is 14.2. The van der Waals surface area contributed by atoms with Crippen molar-refractivity contribution in [1.29, 1.82) is 0 Å². The van der Waals surface area contributed by atoms with Crippen molar-refractivity contribution in [3.8, 4) is 23.8 Å². The van der Waals surface area contributed by atoms with Crippen LogP contribution in [0.5, 0.6) is 11.5 Å². The molecule has 2 aliphatic rings. The summed E-state index contributed by atoms with van der Waals surface area (Å²) in [6.45, 7) is 11.7. The predicted molar refractivity (Wildman–Crippen MR) is 287 cm³/mol. The van der Waals surface area contributed by atoms with Crippen molar-refractivity contribution in [3.63, 3.8) is 0 Å². The molecule has 0 amide bonds. The number of rotatable bonds is 26. The number of nitrogens with one attached hydrogen (secondary N) is 1. The number of carbonyl (C=O) groups excluding carboxylic acids is 1. The number of carboxylic acids is 1. The topological polar surface area (TPSA) is 135 Å². The van der Waals surface area contributed by atoms with Gasteiger partial charge in [-0.1, -0.05) is 99.0 Å². The number of anilines is 3. The highest BCUT2D eigenvalue weighted by atomic mass is 79.9. The summed E-state index contributed by atoms with van der Waals surface area (Å²) in [5.41, 5.74) is 9.37. The smallest absolute Gasteiger partial charge is 0.305 e. The molecule has 5 aromatic rings. The summed E-state index contributed by atoms with van der Waals surface area (Å²) in [6, 6.07) is 28.3. The molecule has 3 heterocycles. The molecule has 73 heavy (non-hydrogen) atoms. The van der Waals surface area contributed by atoms with Gasteiger partial charge in [0.05, 0.1) is 17.5 Å². The zero-order chi connectivity index (χ0) is 50.9. The summed E-state index contributed by atoms with van der Waals surface area (Å²) in [5.74, 6) is 3.19. The third-order valence-electron chi connectivity index (χ3n) is 13.2. The van der Waals surface area contributed by atoms with Crippen molar-refractivity contribution in [2.24, 2.45) is 0 Å². The van der Waals surface area contributed by atoms with E-state index in [4.69, 9.17) is 30.5 Å². The van der Waals surface area contributed by atoms with Crippen molar-refractivity contribution in [2.75, 3.05) is 56.8 Å². The van der Waals surface area contributed by atoms with E-state index in [2.05, 4.69) is 149 Å². The molecule has 0 atom stereocenters. The van der Waals surface area contributed by atoms with Gasteiger partial charge in [0.2, 0.25) is 5.69 Å². The number of carbonyl (C=O) groups is 2. The molecule has 0 fully saturated rings. The number of benzene rings is 4. The maximum absolute atomic E-state index is 12.9. The number of unbranched alkanes of at least 4 members (excludes halogenated alkanes) is 4. The second kappa shape index (κ2) is 26.6. The highest BCUT2D eigenvalue weighted by Crippen LogP contribution is 2.48. The van der Waals surface area contributed by atoms with Crippen molar-refractivity contribution >= 4 is 51.4 Å². The molecule has 0 bridgehead atoms. The molecule has 0 spiro atoms. The van der Waals surface area contributed by atoms with E-state index in [0.29, 0.717) is 55.3 Å². The van der Waals surface area contributed by atoms with E-state index in [0.717, 1.165) is 55.4 Å². The first-order chi connectivity index (χ1) is 34.9. The fraction of sp³-hybridized carbons (Fsp3) is 0.350. The Morgan fingerprint density at radius 2 is 1.48 bits per heavy atom. The molecule has 0 aliphatic carbocycles. The maximum atomic E-state index is 12.9. The highest BCUT2D eigenvalue weighted by Gasteiger charge is 2.44.